The summed E-state index contributed by atoms with van der Waals surface area (Å²) < 4.78 is 10.6. The molecule has 108 valence electrons. The predicted molar refractivity (Wildman–Crippen MR) is 77.2 cm³/mol. The quantitative estimate of drug-likeness (QED) is 0.531. The molecule has 0 saturated carbocycles. The Balaban J connectivity index is 2.26. The number of rotatable bonds is 2. The van der Waals surface area contributed by atoms with E-state index in [9.17, 15) is 0 Å². The van der Waals surface area contributed by atoms with Crippen molar-refractivity contribution in [3.05, 3.63) is 23.3 Å². The van der Waals surface area contributed by atoms with Gasteiger partial charge < -0.3 is 25.8 Å². The highest BCUT2D eigenvalue weighted by Crippen LogP contribution is 2.33. The minimum absolute atomic E-state index is 0.0745. The van der Waals surface area contributed by atoms with Crippen molar-refractivity contribution in [2.45, 2.75) is 13.0 Å². The fourth-order valence-electron chi connectivity index (χ4n) is 2.26. The number of ether oxygens (including phenoxy) is 2. The van der Waals surface area contributed by atoms with Gasteiger partial charge in [0.25, 0.3) is 0 Å². The molecule has 2 rings (SSSR count). The summed E-state index contributed by atoms with van der Waals surface area (Å²) in [6.07, 6.45) is 0.804. The van der Waals surface area contributed by atoms with E-state index in [0.29, 0.717) is 18.8 Å². The van der Waals surface area contributed by atoms with Crippen LogP contribution in [-0.2, 0) is 13.0 Å². The molecule has 1 aromatic carbocycles. The van der Waals surface area contributed by atoms with Crippen LogP contribution in [0.1, 0.15) is 11.1 Å². The zero-order valence-electron chi connectivity index (χ0n) is 11.6. The standard InChI is InChI=1S/C13H19N5O2/c1-19-10-5-8-3-4-18(13(16)17-12(14)15)7-9(8)6-11(10)20-2/h5-6H,3-4,7H2,1-2H3,(H5,14,15,16,17). The molecule has 0 amide bonds. The second-order valence-corrected chi connectivity index (χ2v) is 4.51. The van der Waals surface area contributed by atoms with Crippen LogP contribution in [0.4, 0.5) is 0 Å². The molecule has 1 aliphatic heterocycles. The van der Waals surface area contributed by atoms with Crippen LogP contribution in [0.5, 0.6) is 11.5 Å². The molecule has 0 aromatic heterocycles. The summed E-state index contributed by atoms with van der Waals surface area (Å²) in [5, 5.41) is 7.85. The van der Waals surface area contributed by atoms with Crippen LogP contribution in [0, 0.1) is 5.41 Å². The maximum absolute atomic E-state index is 7.85. The van der Waals surface area contributed by atoms with E-state index in [0.717, 1.165) is 17.7 Å². The van der Waals surface area contributed by atoms with Crippen LogP contribution < -0.4 is 20.9 Å². The number of nitrogens with two attached hydrogens (primary N) is 2. The third-order valence-electron chi connectivity index (χ3n) is 3.25. The van der Waals surface area contributed by atoms with Crippen molar-refractivity contribution >= 4 is 11.9 Å². The average molecular weight is 277 g/mol. The molecule has 0 fully saturated rings. The van der Waals surface area contributed by atoms with E-state index in [-0.39, 0.29) is 11.9 Å². The molecule has 1 aromatic rings. The third-order valence-corrected chi connectivity index (χ3v) is 3.25. The summed E-state index contributed by atoms with van der Waals surface area (Å²) in [6, 6.07) is 3.92. The fourth-order valence-corrected chi connectivity index (χ4v) is 2.26. The fraction of sp³-hybridized carbons (Fsp3) is 0.385. The molecule has 0 aliphatic carbocycles. The van der Waals surface area contributed by atoms with Gasteiger partial charge in [-0.05, 0) is 29.7 Å². The summed E-state index contributed by atoms with van der Waals surface area (Å²) in [6.45, 7) is 1.27. The van der Waals surface area contributed by atoms with Gasteiger partial charge in [-0.25, -0.2) is 0 Å². The first-order chi connectivity index (χ1) is 9.55. The summed E-state index contributed by atoms with van der Waals surface area (Å²) in [5.74, 6) is 1.37. The maximum Gasteiger partial charge on any atom is 0.221 e. The molecule has 0 unspecified atom stereocenters. The second-order valence-electron chi connectivity index (χ2n) is 4.51. The smallest absolute Gasteiger partial charge is 0.221 e. The lowest BCUT2D eigenvalue weighted by atomic mass is 9.99. The largest absolute Gasteiger partial charge is 0.493 e. The topological polar surface area (TPSA) is 110 Å². The highest BCUT2D eigenvalue weighted by atomic mass is 16.5. The third kappa shape index (κ3) is 2.76. The molecule has 0 radical (unpaired) electrons. The Morgan fingerprint density at radius 2 is 1.80 bits per heavy atom. The van der Waals surface area contributed by atoms with Crippen LogP contribution in [0.2, 0.25) is 0 Å². The Kier molecular flexibility index (Phi) is 3.97. The van der Waals surface area contributed by atoms with Gasteiger partial charge >= 0.3 is 0 Å². The monoisotopic (exact) mass is 277 g/mol. The average Bonchev–Trinajstić information content (AvgIpc) is 2.44. The minimum Gasteiger partial charge on any atom is -0.493 e. The van der Waals surface area contributed by atoms with Gasteiger partial charge in [0.2, 0.25) is 5.96 Å². The molecular formula is C13H19N5O2. The first-order valence-corrected chi connectivity index (χ1v) is 6.22. The van der Waals surface area contributed by atoms with Crippen molar-refractivity contribution in [3.63, 3.8) is 0 Å². The summed E-state index contributed by atoms with van der Waals surface area (Å²) in [5.41, 5.74) is 12.9. The van der Waals surface area contributed by atoms with Crippen LogP contribution in [0.3, 0.4) is 0 Å². The maximum atomic E-state index is 7.85. The lowest BCUT2D eigenvalue weighted by Gasteiger charge is -2.29. The number of nitrogens with zero attached hydrogens (tertiary/aromatic N) is 2. The van der Waals surface area contributed by atoms with E-state index in [1.54, 1.807) is 14.2 Å². The van der Waals surface area contributed by atoms with E-state index < -0.39 is 0 Å². The number of methoxy groups -OCH3 is 2. The van der Waals surface area contributed by atoms with Crippen molar-refractivity contribution in [2.24, 2.45) is 16.5 Å². The van der Waals surface area contributed by atoms with Gasteiger partial charge in [0.15, 0.2) is 17.5 Å². The Morgan fingerprint density at radius 1 is 1.20 bits per heavy atom. The number of hydrogen-bond donors (Lipinski definition) is 3. The van der Waals surface area contributed by atoms with Crippen molar-refractivity contribution in [2.75, 3.05) is 20.8 Å². The second kappa shape index (κ2) is 5.68. The van der Waals surface area contributed by atoms with Crippen LogP contribution in [0.25, 0.3) is 0 Å². The van der Waals surface area contributed by atoms with E-state index >= 15 is 0 Å². The number of nitrogens with one attached hydrogen (secondary N) is 1. The van der Waals surface area contributed by atoms with Gasteiger partial charge in [-0.3, -0.25) is 5.41 Å². The first kappa shape index (κ1) is 14.0. The Hall–Kier alpha value is -2.44. The first-order valence-electron chi connectivity index (χ1n) is 6.22. The van der Waals surface area contributed by atoms with E-state index in [4.69, 9.17) is 26.4 Å². The minimum atomic E-state index is -0.104. The van der Waals surface area contributed by atoms with E-state index in [2.05, 4.69) is 4.99 Å². The molecule has 0 atom stereocenters. The van der Waals surface area contributed by atoms with Gasteiger partial charge in [-0.15, -0.1) is 0 Å². The Bertz CT molecular complexity index is 552. The molecular weight excluding hydrogens is 258 g/mol. The molecule has 20 heavy (non-hydrogen) atoms. The van der Waals surface area contributed by atoms with Crippen molar-refractivity contribution in [3.8, 4) is 11.5 Å². The van der Waals surface area contributed by atoms with Gasteiger partial charge in [0.05, 0.1) is 14.2 Å². The normalized spacial score (nSPS) is 13.4. The number of hydrogen-bond acceptors (Lipinski definition) is 3. The van der Waals surface area contributed by atoms with Crippen LogP contribution in [0.15, 0.2) is 17.1 Å². The number of fused-ring (bicyclic) bond motifs is 1. The van der Waals surface area contributed by atoms with Crippen LogP contribution in [-0.4, -0.2) is 37.6 Å². The SMILES string of the molecule is COc1cc2c(cc1OC)CN(C(=N)N=C(N)N)CC2. The number of aliphatic imine (C=N–C) groups is 1. The Labute approximate surface area is 117 Å². The van der Waals surface area contributed by atoms with E-state index in [1.807, 2.05) is 17.0 Å². The molecule has 0 bridgehead atoms. The summed E-state index contributed by atoms with van der Waals surface area (Å²) in [4.78, 5) is 5.59. The zero-order valence-corrected chi connectivity index (χ0v) is 11.6. The molecule has 5 N–H and O–H groups in total. The van der Waals surface area contributed by atoms with Crippen molar-refractivity contribution in [1.82, 2.24) is 4.90 Å². The summed E-state index contributed by atoms with van der Waals surface area (Å²) >= 11 is 0. The molecule has 0 saturated heterocycles. The highest BCUT2D eigenvalue weighted by Gasteiger charge is 2.21. The summed E-state index contributed by atoms with van der Waals surface area (Å²) in [7, 11) is 3.22. The van der Waals surface area contributed by atoms with Gasteiger partial charge in [0, 0.05) is 13.1 Å². The Morgan fingerprint density at radius 3 is 2.35 bits per heavy atom. The molecule has 1 heterocycles. The van der Waals surface area contributed by atoms with Crippen molar-refractivity contribution in [1.29, 1.82) is 5.41 Å². The van der Waals surface area contributed by atoms with E-state index in [1.165, 1.54) is 5.56 Å². The zero-order chi connectivity index (χ0) is 14.7. The highest BCUT2D eigenvalue weighted by molar-refractivity contribution is 5.91. The number of guanidine groups is 2. The molecule has 0 spiro atoms. The molecule has 7 nitrogen and oxygen atoms in total. The lowest BCUT2D eigenvalue weighted by Crippen LogP contribution is -2.36. The molecule has 1 aliphatic rings. The lowest BCUT2D eigenvalue weighted by molar-refractivity contribution is 0.347. The molecule has 7 heteroatoms. The van der Waals surface area contributed by atoms with Gasteiger partial charge in [-0.1, -0.05) is 0 Å². The van der Waals surface area contributed by atoms with Gasteiger partial charge in [-0.2, -0.15) is 4.99 Å². The van der Waals surface area contributed by atoms with Crippen LogP contribution >= 0.6 is 0 Å². The predicted octanol–water partition coefficient (Wildman–Crippen LogP) is 0.270. The van der Waals surface area contributed by atoms with Gasteiger partial charge in [0.1, 0.15) is 0 Å². The van der Waals surface area contributed by atoms with Crippen molar-refractivity contribution < 1.29 is 9.47 Å². The number of benzene rings is 1.